The molecule has 4 rings (SSSR count). The van der Waals surface area contributed by atoms with Crippen molar-refractivity contribution >= 4 is 29.0 Å². The Labute approximate surface area is 171 Å². The number of halogens is 3. The largest absolute Gasteiger partial charge is 0.387 e. The molecule has 0 unspecified atom stereocenters. The Morgan fingerprint density at radius 2 is 2.14 bits per heavy atom. The number of hydrogen-bond donors (Lipinski definition) is 2. The lowest BCUT2D eigenvalue weighted by Gasteiger charge is -2.41. The van der Waals surface area contributed by atoms with Crippen LogP contribution in [0.3, 0.4) is 0 Å². The third kappa shape index (κ3) is 3.26. The van der Waals surface area contributed by atoms with Gasteiger partial charge >= 0.3 is 0 Å². The lowest BCUT2D eigenvalue weighted by Crippen LogP contribution is -2.53. The van der Waals surface area contributed by atoms with Gasteiger partial charge in [-0.05, 0) is 36.8 Å². The maximum atomic E-state index is 15.8. The number of nitrogens with zero attached hydrogens (tertiary/aromatic N) is 2. The highest BCUT2D eigenvalue weighted by Crippen LogP contribution is 2.51. The van der Waals surface area contributed by atoms with E-state index in [1.165, 1.54) is 30.5 Å². The Balaban J connectivity index is 1.72. The standard InChI is InChI=1S/C20H19ClF2N4O2/c1-11-7-19(23)9-29-10-20(19,27-17(11)24)14-6-13(3-4-15(14)22)26-18(28)16-5-2-12(21)8-25-16/h2-6,8,11H,7,9-10H2,1H3,(H2,24,27)(H,26,28)/t11-,19-,20+/m0/s1. The van der Waals surface area contributed by atoms with E-state index in [1.807, 2.05) is 0 Å². The van der Waals surface area contributed by atoms with Gasteiger partial charge in [0.15, 0.2) is 5.67 Å². The van der Waals surface area contributed by atoms with E-state index >= 15 is 4.39 Å². The molecule has 3 heterocycles. The molecule has 1 aromatic carbocycles. The summed E-state index contributed by atoms with van der Waals surface area (Å²) < 4.78 is 36.0. The van der Waals surface area contributed by atoms with Gasteiger partial charge in [-0.3, -0.25) is 9.79 Å². The predicted molar refractivity (Wildman–Crippen MR) is 105 cm³/mol. The lowest BCUT2D eigenvalue weighted by atomic mass is 9.71. The summed E-state index contributed by atoms with van der Waals surface area (Å²) >= 11 is 5.78. The fourth-order valence-corrected chi connectivity index (χ4v) is 4.01. The predicted octanol–water partition coefficient (Wildman–Crippen LogP) is 3.46. The molecule has 3 atom stereocenters. The average molecular weight is 421 g/mol. The van der Waals surface area contributed by atoms with Crippen molar-refractivity contribution in [1.82, 2.24) is 4.98 Å². The summed E-state index contributed by atoms with van der Waals surface area (Å²) in [5.74, 6) is -1.18. The van der Waals surface area contributed by atoms with Crippen molar-refractivity contribution in [3.05, 3.63) is 58.6 Å². The number of aromatic nitrogens is 1. The van der Waals surface area contributed by atoms with Crippen LogP contribution in [0.25, 0.3) is 0 Å². The number of amides is 1. The second kappa shape index (κ2) is 7.03. The van der Waals surface area contributed by atoms with E-state index in [9.17, 15) is 9.18 Å². The van der Waals surface area contributed by atoms with Crippen molar-refractivity contribution < 1.29 is 18.3 Å². The molecule has 152 valence electrons. The second-order valence-electron chi connectivity index (χ2n) is 7.47. The smallest absolute Gasteiger partial charge is 0.274 e. The SMILES string of the molecule is C[C@H]1C[C@]2(F)COC[C@]2(c2cc(NC(=O)c3ccc(Cl)cn3)ccc2F)N=C1N. The number of anilines is 1. The summed E-state index contributed by atoms with van der Waals surface area (Å²) in [5, 5.41) is 3.03. The summed E-state index contributed by atoms with van der Waals surface area (Å²) in [7, 11) is 0. The number of ether oxygens (including phenoxy) is 1. The molecule has 0 bridgehead atoms. The van der Waals surface area contributed by atoms with Crippen molar-refractivity contribution in [2.24, 2.45) is 16.6 Å². The van der Waals surface area contributed by atoms with Gasteiger partial charge in [0.2, 0.25) is 0 Å². The fourth-order valence-electron chi connectivity index (χ4n) is 3.89. The highest BCUT2D eigenvalue weighted by Gasteiger charge is 2.62. The maximum Gasteiger partial charge on any atom is 0.274 e. The van der Waals surface area contributed by atoms with Crippen molar-refractivity contribution in [2.45, 2.75) is 24.6 Å². The first kappa shape index (κ1) is 19.7. The van der Waals surface area contributed by atoms with E-state index in [0.29, 0.717) is 5.02 Å². The topological polar surface area (TPSA) is 89.6 Å². The first-order valence-electron chi connectivity index (χ1n) is 9.09. The van der Waals surface area contributed by atoms with Crippen LogP contribution in [0.5, 0.6) is 0 Å². The quantitative estimate of drug-likeness (QED) is 0.795. The Bertz CT molecular complexity index is 1000. The fraction of sp³-hybridized carbons (Fsp3) is 0.350. The summed E-state index contributed by atoms with van der Waals surface area (Å²) in [6, 6.07) is 6.92. The monoisotopic (exact) mass is 420 g/mol. The van der Waals surface area contributed by atoms with Crippen molar-refractivity contribution in [3.8, 4) is 0 Å². The number of hydrogen-bond acceptors (Lipinski definition) is 5. The molecule has 1 fully saturated rings. The number of alkyl halides is 1. The Morgan fingerprint density at radius 3 is 2.86 bits per heavy atom. The summed E-state index contributed by atoms with van der Waals surface area (Å²) in [6.07, 6.45) is 1.42. The van der Waals surface area contributed by atoms with E-state index in [-0.39, 0.29) is 48.3 Å². The molecule has 0 saturated carbocycles. The molecular weight excluding hydrogens is 402 g/mol. The van der Waals surface area contributed by atoms with Gasteiger partial charge in [-0.25, -0.2) is 13.8 Å². The zero-order chi connectivity index (χ0) is 20.8. The van der Waals surface area contributed by atoms with Gasteiger partial charge in [-0.2, -0.15) is 0 Å². The highest BCUT2D eigenvalue weighted by atomic mass is 35.5. The van der Waals surface area contributed by atoms with Crippen LogP contribution in [0.1, 0.15) is 29.4 Å². The zero-order valence-corrected chi connectivity index (χ0v) is 16.3. The number of amidine groups is 1. The third-order valence-electron chi connectivity index (χ3n) is 5.47. The molecule has 29 heavy (non-hydrogen) atoms. The minimum absolute atomic E-state index is 0.00536. The number of benzene rings is 1. The molecule has 2 aliphatic heterocycles. The van der Waals surface area contributed by atoms with Crippen LogP contribution in [0.15, 0.2) is 41.5 Å². The number of rotatable bonds is 3. The van der Waals surface area contributed by atoms with Gasteiger partial charge in [0.1, 0.15) is 17.1 Å². The molecule has 0 aliphatic carbocycles. The zero-order valence-electron chi connectivity index (χ0n) is 15.6. The molecule has 2 aromatic rings. The van der Waals surface area contributed by atoms with Crippen LogP contribution < -0.4 is 11.1 Å². The molecule has 6 nitrogen and oxygen atoms in total. The van der Waals surface area contributed by atoms with Gasteiger partial charge < -0.3 is 15.8 Å². The first-order valence-corrected chi connectivity index (χ1v) is 9.47. The number of nitrogens with one attached hydrogen (secondary N) is 1. The van der Waals surface area contributed by atoms with E-state index in [1.54, 1.807) is 6.92 Å². The minimum atomic E-state index is -1.89. The molecule has 1 aromatic heterocycles. The Hall–Kier alpha value is -2.58. The third-order valence-corrected chi connectivity index (χ3v) is 5.69. The number of fused-ring (bicyclic) bond motifs is 1. The molecule has 0 radical (unpaired) electrons. The van der Waals surface area contributed by atoms with Crippen LogP contribution in [-0.2, 0) is 10.3 Å². The van der Waals surface area contributed by atoms with E-state index in [2.05, 4.69) is 15.3 Å². The van der Waals surface area contributed by atoms with Gasteiger partial charge in [-0.1, -0.05) is 18.5 Å². The lowest BCUT2D eigenvalue weighted by molar-refractivity contribution is 0.0589. The summed E-state index contributed by atoms with van der Waals surface area (Å²) in [5.41, 5.74) is 2.91. The highest BCUT2D eigenvalue weighted by molar-refractivity contribution is 6.30. The minimum Gasteiger partial charge on any atom is -0.387 e. The molecule has 0 spiro atoms. The summed E-state index contributed by atoms with van der Waals surface area (Å²) in [6.45, 7) is 1.44. The number of carbonyl (C=O) groups excluding carboxylic acids is 1. The van der Waals surface area contributed by atoms with Crippen LogP contribution in [0.4, 0.5) is 14.5 Å². The number of aliphatic imine (C=N–C) groups is 1. The summed E-state index contributed by atoms with van der Waals surface area (Å²) in [4.78, 5) is 20.7. The van der Waals surface area contributed by atoms with Gasteiger partial charge in [0, 0.05) is 23.4 Å². The van der Waals surface area contributed by atoms with Crippen LogP contribution in [0.2, 0.25) is 5.02 Å². The maximum absolute atomic E-state index is 15.8. The molecule has 3 N–H and O–H groups in total. The van der Waals surface area contributed by atoms with Crippen molar-refractivity contribution in [1.29, 1.82) is 0 Å². The number of carbonyl (C=O) groups is 1. The Kier molecular flexibility index (Phi) is 4.78. The molecule has 2 aliphatic rings. The normalized spacial score (nSPS) is 28.6. The molecule has 1 saturated heterocycles. The average Bonchev–Trinajstić information content (AvgIpc) is 3.01. The van der Waals surface area contributed by atoms with Crippen LogP contribution >= 0.6 is 11.6 Å². The molecule has 9 heteroatoms. The van der Waals surface area contributed by atoms with Crippen molar-refractivity contribution in [2.75, 3.05) is 18.5 Å². The molecule has 1 amide bonds. The van der Waals surface area contributed by atoms with Gasteiger partial charge in [-0.15, -0.1) is 0 Å². The molecular formula is C20H19ClF2N4O2. The van der Waals surface area contributed by atoms with Crippen LogP contribution in [-0.4, -0.2) is 35.6 Å². The number of pyridine rings is 1. The first-order chi connectivity index (χ1) is 13.7. The van der Waals surface area contributed by atoms with E-state index < -0.39 is 22.9 Å². The second-order valence-corrected chi connectivity index (χ2v) is 7.91. The van der Waals surface area contributed by atoms with Crippen LogP contribution in [0, 0.1) is 11.7 Å². The van der Waals surface area contributed by atoms with E-state index in [0.717, 1.165) is 6.07 Å². The van der Waals surface area contributed by atoms with Crippen molar-refractivity contribution in [3.63, 3.8) is 0 Å². The van der Waals surface area contributed by atoms with E-state index in [4.69, 9.17) is 22.1 Å². The van der Waals surface area contributed by atoms with Gasteiger partial charge in [0.05, 0.1) is 24.1 Å². The Morgan fingerprint density at radius 1 is 1.34 bits per heavy atom. The number of nitrogens with two attached hydrogens (primary N) is 1. The van der Waals surface area contributed by atoms with Gasteiger partial charge in [0.25, 0.3) is 5.91 Å².